The topological polar surface area (TPSA) is 88.1 Å². The van der Waals surface area contributed by atoms with Crippen LogP contribution in [-0.2, 0) is 32.4 Å². The first-order valence-electron chi connectivity index (χ1n) is 6.29. The van der Waals surface area contributed by atoms with E-state index < -0.39 is 51.9 Å². The maximum Gasteiger partial charge on any atom is 0.705 e. The Morgan fingerprint density at radius 3 is 1.65 bits per heavy atom. The Labute approximate surface area is 130 Å². The van der Waals surface area contributed by atoms with Crippen LogP contribution in [0.4, 0.5) is 17.6 Å². The van der Waals surface area contributed by atoms with Crippen molar-refractivity contribution in [1.29, 1.82) is 0 Å². The summed E-state index contributed by atoms with van der Waals surface area (Å²) in [5.74, 6) is -2.75. The molecule has 7 nitrogen and oxygen atoms in total. The molecule has 0 bridgehead atoms. The summed E-state index contributed by atoms with van der Waals surface area (Å²) in [5.41, 5.74) is 0. The molecule has 0 N–H and O–H groups in total. The van der Waals surface area contributed by atoms with Crippen molar-refractivity contribution in [3.05, 3.63) is 0 Å². The fourth-order valence-corrected chi connectivity index (χ4v) is 3.76. The SMILES string of the molecule is CC(=O)O[Si](CCCOC(F)C(F)(F)F)(OC(C)=O)OC(C)=O. The van der Waals surface area contributed by atoms with Gasteiger partial charge in [-0.15, -0.1) is 0 Å². The lowest BCUT2D eigenvalue weighted by atomic mass is 10.5. The molecule has 0 amide bonds. The van der Waals surface area contributed by atoms with E-state index in [1.165, 1.54) is 0 Å². The van der Waals surface area contributed by atoms with E-state index in [1.807, 2.05) is 0 Å². The van der Waals surface area contributed by atoms with Crippen LogP contribution in [-0.4, -0.2) is 45.9 Å². The van der Waals surface area contributed by atoms with Gasteiger partial charge in [-0.25, -0.2) is 4.39 Å². The molecule has 0 rings (SSSR count). The Kier molecular flexibility index (Phi) is 8.16. The molecular weight excluding hydrogens is 348 g/mol. The summed E-state index contributed by atoms with van der Waals surface area (Å²) in [6, 6.07) is -0.406. The minimum atomic E-state index is -5.17. The molecule has 0 radical (unpaired) electrons. The third kappa shape index (κ3) is 9.13. The van der Waals surface area contributed by atoms with Crippen LogP contribution in [0, 0.1) is 0 Å². The third-order valence-corrected chi connectivity index (χ3v) is 4.81. The highest BCUT2D eigenvalue weighted by Crippen LogP contribution is 2.25. The first kappa shape index (κ1) is 21.3. The van der Waals surface area contributed by atoms with Crippen molar-refractivity contribution in [3.8, 4) is 0 Å². The van der Waals surface area contributed by atoms with E-state index in [-0.39, 0.29) is 6.42 Å². The van der Waals surface area contributed by atoms with Gasteiger partial charge in [0.15, 0.2) is 0 Å². The van der Waals surface area contributed by atoms with Crippen molar-refractivity contribution >= 4 is 26.7 Å². The molecule has 0 aromatic rings. The molecule has 0 aliphatic rings. The van der Waals surface area contributed by atoms with Crippen LogP contribution in [0.3, 0.4) is 0 Å². The number of carbonyl (C=O) groups excluding carboxylic acids is 3. The predicted molar refractivity (Wildman–Crippen MR) is 67.4 cm³/mol. The maximum atomic E-state index is 12.6. The first-order valence-corrected chi connectivity index (χ1v) is 8.22. The summed E-state index contributed by atoms with van der Waals surface area (Å²) in [4.78, 5) is 33.3. The number of carbonyl (C=O) groups is 3. The van der Waals surface area contributed by atoms with E-state index in [4.69, 9.17) is 13.3 Å². The lowest BCUT2D eigenvalue weighted by Gasteiger charge is -2.26. The molecule has 23 heavy (non-hydrogen) atoms. The van der Waals surface area contributed by atoms with Gasteiger partial charge in [0.2, 0.25) is 0 Å². The van der Waals surface area contributed by atoms with Crippen LogP contribution in [0.5, 0.6) is 0 Å². The summed E-state index contributed by atoms with van der Waals surface area (Å²) >= 11 is 0. The molecule has 0 aromatic carbocycles. The van der Waals surface area contributed by atoms with Gasteiger partial charge in [0, 0.05) is 20.8 Å². The van der Waals surface area contributed by atoms with Crippen molar-refractivity contribution < 1.29 is 50.0 Å². The summed E-state index contributed by atoms with van der Waals surface area (Å²) < 4.78 is 66.6. The monoisotopic (exact) mass is 364 g/mol. The van der Waals surface area contributed by atoms with Crippen LogP contribution in [0.15, 0.2) is 0 Å². The fraction of sp³-hybridized carbons (Fsp3) is 0.727. The van der Waals surface area contributed by atoms with E-state index in [9.17, 15) is 31.9 Å². The maximum absolute atomic E-state index is 12.6. The zero-order valence-electron chi connectivity index (χ0n) is 12.6. The summed E-state index contributed by atoms with van der Waals surface area (Å²) in [5, 5.41) is 0. The smallest absolute Gasteiger partial charge is 0.455 e. The predicted octanol–water partition coefficient (Wildman–Crippen LogP) is 1.88. The molecule has 0 fully saturated rings. The number of alkyl halides is 4. The molecule has 1 unspecified atom stereocenters. The molecular formula is C11H16F4O7Si. The molecule has 0 saturated carbocycles. The van der Waals surface area contributed by atoms with Crippen molar-refractivity contribution in [2.75, 3.05) is 6.61 Å². The Morgan fingerprint density at radius 2 is 1.35 bits per heavy atom. The molecule has 0 aliphatic carbocycles. The first-order chi connectivity index (χ1) is 10.4. The quantitative estimate of drug-likeness (QED) is 0.369. The van der Waals surface area contributed by atoms with Crippen LogP contribution < -0.4 is 0 Å². The van der Waals surface area contributed by atoms with Gasteiger partial charge in [-0.2, -0.15) is 13.2 Å². The Bertz CT molecular complexity index is 400. The molecule has 0 aromatic heterocycles. The van der Waals surface area contributed by atoms with Crippen LogP contribution in [0.2, 0.25) is 6.04 Å². The molecule has 0 heterocycles. The zero-order chi connectivity index (χ0) is 18.3. The second-order valence-electron chi connectivity index (χ2n) is 4.30. The highest BCUT2D eigenvalue weighted by Gasteiger charge is 2.51. The Hall–Kier alpha value is -1.69. The van der Waals surface area contributed by atoms with Gasteiger partial charge in [0.05, 0.1) is 12.7 Å². The minimum absolute atomic E-state index is 0.309. The zero-order valence-corrected chi connectivity index (χ0v) is 13.6. The Morgan fingerprint density at radius 1 is 0.957 bits per heavy atom. The van der Waals surface area contributed by atoms with Gasteiger partial charge in [-0.05, 0) is 6.42 Å². The lowest BCUT2D eigenvalue weighted by molar-refractivity contribution is -0.264. The van der Waals surface area contributed by atoms with Crippen molar-refractivity contribution in [3.63, 3.8) is 0 Å². The third-order valence-electron chi connectivity index (χ3n) is 2.05. The molecule has 0 aliphatic heterocycles. The number of rotatable bonds is 8. The van der Waals surface area contributed by atoms with E-state index in [1.54, 1.807) is 0 Å². The average Bonchev–Trinajstić information content (AvgIpc) is 2.30. The second kappa shape index (κ2) is 8.81. The summed E-state index contributed by atoms with van der Waals surface area (Å²) in [6.07, 6.45) is -8.96. The standard InChI is InChI=1S/C11H16F4O7Si/c1-7(16)20-23(21-8(2)17,22-9(3)18)6-4-5-19-10(12)11(13,14)15/h10H,4-6H2,1-3H3. The van der Waals surface area contributed by atoms with Gasteiger partial charge < -0.3 is 18.0 Å². The van der Waals surface area contributed by atoms with Gasteiger partial charge in [-0.3, -0.25) is 14.4 Å². The van der Waals surface area contributed by atoms with Crippen molar-refractivity contribution in [1.82, 2.24) is 0 Å². The highest BCUT2D eigenvalue weighted by atomic mass is 28.4. The van der Waals surface area contributed by atoms with Gasteiger partial charge >= 0.3 is 15.0 Å². The summed E-state index contributed by atoms with van der Waals surface area (Å²) in [7, 11) is -4.13. The van der Waals surface area contributed by atoms with Crippen LogP contribution >= 0.6 is 0 Å². The number of halogens is 4. The minimum Gasteiger partial charge on any atom is -0.455 e. The van der Waals surface area contributed by atoms with E-state index >= 15 is 0 Å². The molecule has 0 saturated heterocycles. The number of hydrogen-bond donors (Lipinski definition) is 0. The van der Waals surface area contributed by atoms with E-state index in [0.29, 0.717) is 0 Å². The summed E-state index contributed by atoms with van der Waals surface area (Å²) in [6.45, 7) is 2.17. The second-order valence-corrected chi connectivity index (χ2v) is 6.77. The number of ether oxygens (including phenoxy) is 1. The Balaban J connectivity index is 4.82. The molecule has 12 heteroatoms. The van der Waals surface area contributed by atoms with Gasteiger partial charge in [-0.1, -0.05) is 0 Å². The van der Waals surface area contributed by atoms with Crippen molar-refractivity contribution in [2.24, 2.45) is 0 Å². The number of hydrogen-bond acceptors (Lipinski definition) is 7. The van der Waals surface area contributed by atoms with Gasteiger partial charge in [0.1, 0.15) is 0 Å². The molecule has 134 valence electrons. The highest BCUT2D eigenvalue weighted by molar-refractivity contribution is 6.65. The van der Waals surface area contributed by atoms with E-state index in [2.05, 4.69) is 4.74 Å². The largest absolute Gasteiger partial charge is 0.705 e. The van der Waals surface area contributed by atoms with Gasteiger partial charge in [0.25, 0.3) is 24.3 Å². The molecule has 1 atom stereocenters. The average molecular weight is 364 g/mol. The van der Waals surface area contributed by atoms with Crippen molar-refractivity contribution in [2.45, 2.75) is 45.8 Å². The van der Waals surface area contributed by atoms with Crippen LogP contribution in [0.1, 0.15) is 27.2 Å². The molecule has 0 spiro atoms. The normalized spacial score (nSPS) is 13.2. The van der Waals surface area contributed by atoms with E-state index in [0.717, 1.165) is 20.8 Å². The van der Waals surface area contributed by atoms with Crippen LogP contribution in [0.25, 0.3) is 0 Å². The fourth-order valence-electron chi connectivity index (χ4n) is 1.44. The lowest BCUT2D eigenvalue weighted by Crippen LogP contribution is -2.49.